The number of amidine groups is 1. The van der Waals surface area contributed by atoms with Crippen LogP contribution in [0.25, 0.3) is 0 Å². The van der Waals surface area contributed by atoms with Gasteiger partial charge in [-0.05, 0) is 12.0 Å². The average molecular weight is 337 g/mol. The van der Waals surface area contributed by atoms with E-state index in [1.807, 2.05) is 22.7 Å². The summed E-state index contributed by atoms with van der Waals surface area (Å²) in [5.41, 5.74) is 5.43. The lowest BCUT2D eigenvalue weighted by molar-refractivity contribution is -0.116. The third-order valence-corrected chi connectivity index (χ3v) is 4.83. The normalized spacial score (nSPS) is 27.5. The van der Waals surface area contributed by atoms with E-state index in [1.165, 1.54) is 11.8 Å². The van der Waals surface area contributed by atoms with Gasteiger partial charge in [0.25, 0.3) is 5.91 Å². The van der Waals surface area contributed by atoms with Crippen LogP contribution in [0.5, 0.6) is 0 Å². The van der Waals surface area contributed by atoms with Crippen LogP contribution < -0.4 is 21.7 Å². The first kappa shape index (κ1) is 16.5. The van der Waals surface area contributed by atoms with Crippen molar-refractivity contribution >= 4 is 23.5 Å². The highest BCUT2D eigenvalue weighted by atomic mass is 32.2. The Labute approximate surface area is 140 Å². The molecule has 0 radical (unpaired) electrons. The Bertz CT molecular complexity index is 547. The van der Waals surface area contributed by atoms with Crippen LogP contribution >= 0.6 is 11.8 Å². The second kappa shape index (κ2) is 7.45. The molecule has 1 fully saturated rings. The molecule has 3 aliphatic heterocycles. The molecule has 9 heteroatoms. The lowest BCUT2D eigenvalue weighted by Crippen LogP contribution is -2.58. The van der Waals surface area contributed by atoms with Crippen molar-refractivity contribution in [3.63, 3.8) is 0 Å². The number of carbonyl (C=O) groups excluding carboxylic acids is 1. The van der Waals surface area contributed by atoms with Crippen LogP contribution in [0.3, 0.4) is 0 Å². The summed E-state index contributed by atoms with van der Waals surface area (Å²) >= 11 is 1.40. The summed E-state index contributed by atoms with van der Waals surface area (Å²) < 4.78 is 0. The van der Waals surface area contributed by atoms with Crippen LogP contribution in [0.15, 0.2) is 27.7 Å². The van der Waals surface area contributed by atoms with Gasteiger partial charge in [-0.25, -0.2) is 0 Å². The number of hydrogen-bond donors (Lipinski definition) is 4. The second-order valence-corrected chi connectivity index (χ2v) is 6.37. The monoisotopic (exact) mass is 337 g/mol. The van der Waals surface area contributed by atoms with Crippen LogP contribution in [-0.2, 0) is 4.79 Å². The number of aliphatic imine (C=N–C) groups is 1. The maximum absolute atomic E-state index is 12.1. The molecular weight excluding hydrogens is 314 g/mol. The van der Waals surface area contributed by atoms with Gasteiger partial charge in [-0.1, -0.05) is 18.7 Å². The van der Waals surface area contributed by atoms with Crippen molar-refractivity contribution in [3.05, 3.63) is 22.7 Å². The molecule has 0 saturated carbocycles. The third-order valence-electron chi connectivity index (χ3n) is 4.03. The number of carbonyl (C=O) groups is 1. The summed E-state index contributed by atoms with van der Waals surface area (Å²) in [4.78, 5) is 21.7. The predicted octanol–water partition coefficient (Wildman–Crippen LogP) is -1.04. The van der Waals surface area contributed by atoms with Gasteiger partial charge in [0.1, 0.15) is 5.84 Å². The molecule has 2 unspecified atom stereocenters. The van der Waals surface area contributed by atoms with E-state index in [2.05, 4.69) is 27.8 Å². The van der Waals surface area contributed by atoms with E-state index in [0.29, 0.717) is 24.7 Å². The molecule has 0 aliphatic carbocycles. The minimum Gasteiger partial charge on any atom is -0.350 e. The number of fused-ring (bicyclic) bond motifs is 1. The minimum absolute atomic E-state index is 0.101. The summed E-state index contributed by atoms with van der Waals surface area (Å²) in [5, 5.41) is 11.6. The van der Waals surface area contributed by atoms with E-state index in [9.17, 15) is 4.79 Å². The van der Waals surface area contributed by atoms with Crippen molar-refractivity contribution in [3.8, 4) is 0 Å². The van der Waals surface area contributed by atoms with Crippen LogP contribution in [-0.4, -0.2) is 66.7 Å². The van der Waals surface area contributed by atoms with Crippen molar-refractivity contribution in [2.75, 3.05) is 33.0 Å². The molecule has 0 aromatic rings. The number of nitrogens with two attached hydrogens (primary N) is 1. The molecule has 3 rings (SSSR count). The number of likely N-dealkylation sites (N-methyl/N-ethyl adjacent to an activating group) is 1. The summed E-state index contributed by atoms with van der Waals surface area (Å²) in [7, 11) is 0. The molecule has 1 saturated heterocycles. The number of nitrogens with zero attached hydrogens (tertiary/aromatic N) is 3. The molecule has 1 amide bonds. The highest BCUT2D eigenvalue weighted by Crippen LogP contribution is 2.26. The van der Waals surface area contributed by atoms with Gasteiger partial charge in [-0.2, -0.15) is 0 Å². The maximum Gasteiger partial charge on any atom is 0.259 e. The topological polar surface area (TPSA) is 98.0 Å². The van der Waals surface area contributed by atoms with E-state index in [1.54, 1.807) is 0 Å². The Kier molecular flexibility index (Phi) is 5.34. The Hall–Kier alpha value is -1.39. The zero-order valence-corrected chi connectivity index (χ0v) is 14.0. The first-order valence-electron chi connectivity index (χ1n) is 7.81. The summed E-state index contributed by atoms with van der Waals surface area (Å²) in [6, 6.07) is 0.112. The molecule has 8 nitrogen and oxygen atoms in total. The van der Waals surface area contributed by atoms with Gasteiger partial charge in [0.05, 0.1) is 23.8 Å². The highest BCUT2D eigenvalue weighted by molar-refractivity contribution is 8.06. The number of amides is 1. The zero-order valence-electron chi connectivity index (χ0n) is 13.2. The smallest absolute Gasteiger partial charge is 0.259 e. The number of thioether (sulfide) groups is 1. The summed E-state index contributed by atoms with van der Waals surface area (Å²) in [6.45, 7) is 5.40. The average Bonchev–Trinajstić information content (AvgIpc) is 3.08. The Morgan fingerprint density at radius 1 is 1.57 bits per heavy atom. The Morgan fingerprint density at radius 3 is 3.22 bits per heavy atom. The number of nitrogens with one attached hydrogen (secondary N) is 3. The van der Waals surface area contributed by atoms with Gasteiger partial charge in [-0.3, -0.25) is 25.3 Å². The van der Waals surface area contributed by atoms with E-state index >= 15 is 0 Å². The predicted molar refractivity (Wildman–Crippen MR) is 92.1 cm³/mol. The first-order valence-corrected chi connectivity index (χ1v) is 8.69. The molecule has 2 atom stereocenters. The third kappa shape index (κ3) is 3.43. The largest absolute Gasteiger partial charge is 0.350 e. The molecule has 0 bridgehead atoms. The van der Waals surface area contributed by atoms with E-state index in [0.717, 1.165) is 19.0 Å². The molecule has 3 aliphatic rings. The molecule has 0 aromatic carbocycles. The molecule has 0 aromatic heterocycles. The van der Waals surface area contributed by atoms with Crippen LogP contribution in [0.2, 0.25) is 0 Å². The van der Waals surface area contributed by atoms with Gasteiger partial charge >= 0.3 is 0 Å². The van der Waals surface area contributed by atoms with E-state index in [-0.39, 0.29) is 18.1 Å². The molecule has 3 heterocycles. The zero-order chi connectivity index (χ0) is 16.2. The quantitative estimate of drug-likeness (QED) is 0.520. The van der Waals surface area contributed by atoms with E-state index in [4.69, 9.17) is 10.7 Å². The molecule has 126 valence electrons. The van der Waals surface area contributed by atoms with Crippen LogP contribution in [0, 0.1) is 0 Å². The SMILES string of the molecule is CCN1CN=C(N2C=CSC(C(=O)NCCN)=C2)C2NCNC21. The van der Waals surface area contributed by atoms with Crippen LogP contribution in [0.4, 0.5) is 0 Å². The van der Waals surface area contributed by atoms with Crippen molar-refractivity contribution in [2.45, 2.75) is 19.1 Å². The first-order chi connectivity index (χ1) is 11.2. The van der Waals surface area contributed by atoms with Gasteiger partial charge in [0.15, 0.2) is 0 Å². The fourth-order valence-electron chi connectivity index (χ4n) is 2.86. The van der Waals surface area contributed by atoms with Crippen molar-refractivity contribution < 1.29 is 4.79 Å². The van der Waals surface area contributed by atoms with Gasteiger partial charge in [0, 0.05) is 32.2 Å². The molecule has 5 N–H and O–H groups in total. The minimum atomic E-state index is -0.101. The molecular formula is C14H23N7OS. The van der Waals surface area contributed by atoms with Crippen molar-refractivity contribution in [2.24, 2.45) is 10.7 Å². The molecule has 23 heavy (non-hydrogen) atoms. The lowest BCUT2D eigenvalue weighted by Gasteiger charge is -2.38. The highest BCUT2D eigenvalue weighted by Gasteiger charge is 2.39. The number of hydrogen-bond acceptors (Lipinski definition) is 8. The summed E-state index contributed by atoms with van der Waals surface area (Å²) in [6.07, 6.45) is 4.02. The Morgan fingerprint density at radius 2 is 2.43 bits per heavy atom. The van der Waals surface area contributed by atoms with Crippen molar-refractivity contribution in [1.82, 2.24) is 25.8 Å². The van der Waals surface area contributed by atoms with Crippen LogP contribution in [0.1, 0.15) is 6.92 Å². The maximum atomic E-state index is 12.1. The molecule has 0 spiro atoms. The fraction of sp³-hybridized carbons (Fsp3) is 0.571. The second-order valence-electron chi connectivity index (χ2n) is 5.42. The lowest BCUT2D eigenvalue weighted by atomic mass is 10.1. The van der Waals surface area contributed by atoms with E-state index < -0.39 is 0 Å². The van der Waals surface area contributed by atoms with Gasteiger partial charge < -0.3 is 16.0 Å². The van der Waals surface area contributed by atoms with Gasteiger partial charge in [-0.15, -0.1) is 0 Å². The Balaban J connectivity index is 1.76. The summed E-state index contributed by atoms with van der Waals surface area (Å²) in [5.74, 6) is 0.834. The fourth-order valence-corrected chi connectivity index (χ4v) is 3.55. The van der Waals surface area contributed by atoms with Gasteiger partial charge in [0.2, 0.25) is 0 Å². The standard InChI is InChI=1S/C14H23N7OS/c1-2-20-9-19-13(11-12(20)18-8-17-11)21-5-6-23-10(7-21)14(22)16-4-3-15/h5-7,11-12,17-18H,2-4,8-9,15H2,1H3,(H,16,22). The number of rotatable bonds is 4. The van der Waals surface area contributed by atoms with Crippen molar-refractivity contribution in [1.29, 1.82) is 0 Å².